The van der Waals surface area contributed by atoms with Crippen molar-refractivity contribution in [2.24, 2.45) is 0 Å². The van der Waals surface area contributed by atoms with E-state index in [0.29, 0.717) is 11.3 Å². The van der Waals surface area contributed by atoms with Crippen molar-refractivity contribution in [1.82, 2.24) is 0 Å². The van der Waals surface area contributed by atoms with Gasteiger partial charge in [0, 0.05) is 17.7 Å². The van der Waals surface area contributed by atoms with Crippen LogP contribution in [0, 0.1) is 0 Å². The molecule has 1 aromatic heterocycles. The van der Waals surface area contributed by atoms with Crippen LogP contribution in [0.5, 0.6) is 11.5 Å². The van der Waals surface area contributed by atoms with Crippen molar-refractivity contribution in [1.29, 1.82) is 0 Å². The lowest BCUT2D eigenvalue weighted by atomic mass is 10.1. The highest BCUT2D eigenvalue weighted by molar-refractivity contribution is 5.95. The molecule has 0 radical (unpaired) electrons. The van der Waals surface area contributed by atoms with Crippen LogP contribution in [0.4, 0.5) is 0 Å². The second-order valence-electron chi connectivity index (χ2n) is 3.86. The summed E-state index contributed by atoms with van der Waals surface area (Å²) < 4.78 is 6.77. The maximum absolute atomic E-state index is 12.0. The first kappa shape index (κ1) is 12.1. The third-order valence-electron chi connectivity index (χ3n) is 2.61. The number of carbonyl (C=O) groups excluding carboxylic acids is 1. The summed E-state index contributed by atoms with van der Waals surface area (Å²) in [6.07, 6.45) is 3.66. The molecule has 18 heavy (non-hydrogen) atoms. The molecular weight excluding hydrogens is 230 g/mol. The van der Waals surface area contributed by atoms with Crippen LogP contribution in [0.1, 0.15) is 10.4 Å². The number of nitrogens with zero attached hydrogens (tertiary/aromatic N) is 1. The first-order chi connectivity index (χ1) is 8.70. The second-order valence-corrected chi connectivity index (χ2v) is 3.86. The average molecular weight is 244 g/mol. The third-order valence-corrected chi connectivity index (χ3v) is 2.61. The number of Topliss-reactive ketones (excluding diaryl/α,β-unsaturated/α-hetero) is 1. The number of aromatic nitrogens is 1. The highest BCUT2D eigenvalue weighted by atomic mass is 16.5. The van der Waals surface area contributed by atoms with E-state index in [1.807, 2.05) is 30.6 Å². The van der Waals surface area contributed by atoms with Crippen molar-refractivity contribution >= 4 is 5.78 Å². The summed E-state index contributed by atoms with van der Waals surface area (Å²) >= 11 is 0. The van der Waals surface area contributed by atoms with Gasteiger partial charge in [0.2, 0.25) is 12.3 Å². The molecule has 0 bridgehead atoms. The second kappa shape index (κ2) is 5.31. The minimum Gasteiger partial charge on any atom is -0.504 e. The van der Waals surface area contributed by atoms with Crippen LogP contribution in [-0.4, -0.2) is 18.0 Å². The molecule has 2 aromatic rings. The zero-order chi connectivity index (χ0) is 13.0. The van der Waals surface area contributed by atoms with Crippen molar-refractivity contribution < 1.29 is 19.2 Å². The van der Waals surface area contributed by atoms with Crippen LogP contribution in [0.3, 0.4) is 0 Å². The Morgan fingerprint density at radius 3 is 2.67 bits per heavy atom. The molecule has 0 amide bonds. The van der Waals surface area contributed by atoms with Crippen LogP contribution in [0.15, 0.2) is 48.8 Å². The Balaban J connectivity index is 2.19. The lowest BCUT2D eigenvalue weighted by Crippen LogP contribution is -2.36. The summed E-state index contributed by atoms with van der Waals surface area (Å²) in [6, 6.07) is 10.2. The molecule has 1 N–H and O–H groups in total. The number of aromatic hydroxyl groups is 1. The fourth-order valence-electron chi connectivity index (χ4n) is 1.65. The van der Waals surface area contributed by atoms with Crippen LogP contribution >= 0.6 is 0 Å². The van der Waals surface area contributed by atoms with Crippen molar-refractivity contribution in [3.63, 3.8) is 0 Å². The topological polar surface area (TPSA) is 50.4 Å². The molecule has 0 saturated heterocycles. The van der Waals surface area contributed by atoms with Gasteiger partial charge in [0.25, 0.3) is 0 Å². The van der Waals surface area contributed by atoms with Crippen LogP contribution < -0.4 is 9.30 Å². The molecule has 0 aliphatic carbocycles. The van der Waals surface area contributed by atoms with Crippen LogP contribution in [0.25, 0.3) is 0 Å². The molecule has 0 aliphatic rings. The number of hydrogen-bond donors (Lipinski definition) is 1. The summed E-state index contributed by atoms with van der Waals surface area (Å²) in [5, 5.41) is 9.46. The monoisotopic (exact) mass is 244 g/mol. The SMILES string of the molecule is COc1cc(C(=O)C[n+]2ccccc2)ccc1O. The summed E-state index contributed by atoms with van der Waals surface area (Å²) in [5.41, 5.74) is 0.515. The van der Waals surface area contributed by atoms with Gasteiger partial charge in [-0.1, -0.05) is 6.07 Å². The molecule has 0 saturated carbocycles. The molecule has 0 spiro atoms. The summed E-state index contributed by atoms with van der Waals surface area (Å²) in [7, 11) is 1.45. The fraction of sp³-hybridized carbons (Fsp3) is 0.143. The van der Waals surface area contributed by atoms with E-state index in [-0.39, 0.29) is 18.1 Å². The summed E-state index contributed by atoms with van der Waals surface area (Å²) in [4.78, 5) is 12.0. The quantitative estimate of drug-likeness (QED) is 0.656. The van der Waals surface area contributed by atoms with Gasteiger partial charge >= 0.3 is 0 Å². The Bertz CT molecular complexity index is 552. The molecular formula is C14H14NO3+. The van der Waals surface area contributed by atoms with Gasteiger partial charge in [-0.2, -0.15) is 4.57 Å². The average Bonchev–Trinajstić information content (AvgIpc) is 2.40. The number of benzene rings is 1. The van der Waals surface area contributed by atoms with Crippen molar-refractivity contribution in [3.8, 4) is 11.5 Å². The number of ether oxygens (including phenoxy) is 1. The smallest absolute Gasteiger partial charge is 0.227 e. The van der Waals surface area contributed by atoms with E-state index in [9.17, 15) is 9.90 Å². The number of carbonyl (C=O) groups is 1. The Kier molecular flexibility index (Phi) is 3.57. The molecule has 0 unspecified atom stereocenters. The molecule has 1 aromatic carbocycles. The maximum atomic E-state index is 12.0. The number of rotatable bonds is 4. The Labute approximate surface area is 105 Å². The van der Waals surface area contributed by atoms with E-state index < -0.39 is 0 Å². The molecule has 0 aliphatic heterocycles. The zero-order valence-corrected chi connectivity index (χ0v) is 10.0. The van der Waals surface area contributed by atoms with Gasteiger partial charge in [-0.25, -0.2) is 0 Å². The summed E-state index contributed by atoms with van der Waals surface area (Å²) in [6.45, 7) is 0.259. The van der Waals surface area contributed by atoms with E-state index in [1.54, 1.807) is 16.7 Å². The maximum Gasteiger partial charge on any atom is 0.227 e. The predicted molar refractivity (Wildman–Crippen MR) is 65.6 cm³/mol. The van der Waals surface area contributed by atoms with Gasteiger partial charge in [-0.3, -0.25) is 4.79 Å². The van der Waals surface area contributed by atoms with Crippen molar-refractivity contribution in [2.75, 3.05) is 7.11 Å². The third kappa shape index (κ3) is 2.66. The van der Waals surface area contributed by atoms with Gasteiger partial charge < -0.3 is 9.84 Å². The number of pyridine rings is 1. The number of methoxy groups -OCH3 is 1. The summed E-state index contributed by atoms with van der Waals surface area (Å²) in [5.74, 6) is 0.296. The van der Waals surface area contributed by atoms with Gasteiger partial charge in [0.05, 0.1) is 7.11 Å². The standard InChI is InChI=1S/C14H13NO3/c1-18-14-9-11(5-6-12(14)16)13(17)10-15-7-3-2-4-8-15/h2-9H,10H2,1H3/p+1. The fourth-order valence-corrected chi connectivity index (χ4v) is 1.65. The molecule has 0 atom stereocenters. The highest BCUT2D eigenvalue weighted by Gasteiger charge is 2.13. The molecule has 92 valence electrons. The van der Waals surface area contributed by atoms with Gasteiger partial charge in [0.1, 0.15) is 0 Å². The molecule has 2 rings (SSSR count). The molecule has 1 heterocycles. The minimum atomic E-state index is -0.0375. The molecule has 4 nitrogen and oxygen atoms in total. The van der Waals surface area contributed by atoms with E-state index in [0.717, 1.165) is 0 Å². The predicted octanol–water partition coefficient (Wildman–Crippen LogP) is 1.57. The Morgan fingerprint density at radius 1 is 1.28 bits per heavy atom. The molecule has 0 fully saturated rings. The number of phenolic OH excluding ortho intramolecular Hbond substituents is 1. The number of ketones is 1. The first-order valence-electron chi connectivity index (χ1n) is 5.55. The van der Waals surface area contributed by atoms with Gasteiger partial charge in [-0.15, -0.1) is 0 Å². The van der Waals surface area contributed by atoms with Crippen LogP contribution in [-0.2, 0) is 6.54 Å². The van der Waals surface area contributed by atoms with Crippen molar-refractivity contribution in [2.45, 2.75) is 6.54 Å². The van der Waals surface area contributed by atoms with E-state index in [4.69, 9.17) is 4.74 Å². The first-order valence-corrected chi connectivity index (χ1v) is 5.55. The van der Waals surface area contributed by atoms with E-state index >= 15 is 0 Å². The van der Waals surface area contributed by atoms with Gasteiger partial charge in [-0.05, 0) is 18.2 Å². The number of hydrogen-bond acceptors (Lipinski definition) is 3. The van der Waals surface area contributed by atoms with Gasteiger partial charge in [0.15, 0.2) is 23.9 Å². The van der Waals surface area contributed by atoms with Crippen LogP contribution in [0.2, 0.25) is 0 Å². The zero-order valence-electron chi connectivity index (χ0n) is 10.0. The normalized spacial score (nSPS) is 10.1. The Hall–Kier alpha value is -2.36. The minimum absolute atomic E-state index is 0.0291. The highest BCUT2D eigenvalue weighted by Crippen LogP contribution is 2.26. The Morgan fingerprint density at radius 2 is 2.00 bits per heavy atom. The van der Waals surface area contributed by atoms with Crippen molar-refractivity contribution in [3.05, 3.63) is 54.4 Å². The largest absolute Gasteiger partial charge is 0.504 e. The lowest BCUT2D eigenvalue weighted by Gasteiger charge is -2.04. The number of phenols is 1. The van der Waals surface area contributed by atoms with E-state index in [2.05, 4.69) is 0 Å². The van der Waals surface area contributed by atoms with E-state index in [1.165, 1.54) is 13.2 Å². The lowest BCUT2D eigenvalue weighted by molar-refractivity contribution is -0.683. The molecule has 4 heteroatoms.